The van der Waals surface area contributed by atoms with Gasteiger partial charge in [-0.15, -0.1) is 6.58 Å². The van der Waals surface area contributed by atoms with Gasteiger partial charge in [-0.25, -0.2) is 4.39 Å². The second-order valence-corrected chi connectivity index (χ2v) is 4.11. The molecule has 0 aliphatic rings. The predicted molar refractivity (Wildman–Crippen MR) is 67.1 cm³/mol. The molecule has 94 valence electrons. The van der Waals surface area contributed by atoms with Gasteiger partial charge >= 0.3 is 0 Å². The molecular weight excluding hydrogens is 219 g/mol. The van der Waals surface area contributed by atoms with Crippen LogP contribution in [0.3, 0.4) is 0 Å². The molecule has 0 aromatic heterocycles. The first-order valence-corrected chi connectivity index (χ1v) is 5.52. The van der Waals surface area contributed by atoms with Crippen molar-refractivity contribution >= 4 is 0 Å². The number of rotatable bonds is 6. The smallest absolute Gasteiger partial charge is 0.165 e. The Kier molecular flexibility index (Phi) is 5.12. The quantitative estimate of drug-likeness (QED) is 0.455. The number of methoxy groups -OCH3 is 1. The molecule has 1 atom stereocenters. The van der Waals surface area contributed by atoms with Gasteiger partial charge in [-0.3, -0.25) is 11.3 Å². The summed E-state index contributed by atoms with van der Waals surface area (Å²) in [6.45, 7) is 5.82. The van der Waals surface area contributed by atoms with E-state index in [0.29, 0.717) is 0 Å². The van der Waals surface area contributed by atoms with Crippen LogP contribution in [-0.4, -0.2) is 7.11 Å². The van der Waals surface area contributed by atoms with Gasteiger partial charge in [0.2, 0.25) is 0 Å². The molecule has 0 aliphatic heterocycles. The van der Waals surface area contributed by atoms with Gasteiger partial charge in [-0.2, -0.15) is 0 Å². The lowest BCUT2D eigenvalue weighted by molar-refractivity contribution is 0.384. The van der Waals surface area contributed by atoms with Gasteiger partial charge in [-0.1, -0.05) is 11.6 Å². The fourth-order valence-electron chi connectivity index (χ4n) is 1.63. The van der Waals surface area contributed by atoms with Gasteiger partial charge in [0.25, 0.3) is 0 Å². The lowest BCUT2D eigenvalue weighted by Crippen LogP contribution is -2.28. The van der Waals surface area contributed by atoms with Gasteiger partial charge < -0.3 is 4.74 Å². The summed E-state index contributed by atoms with van der Waals surface area (Å²) in [6, 6.07) is 4.74. The fourth-order valence-corrected chi connectivity index (χ4v) is 1.63. The molecule has 1 unspecified atom stereocenters. The molecule has 0 amide bonds. The number of ether oxygens (including phenoxy) is 1. The number of benzene rings is 1. The van der Waals surface area contributed by atoms with E-state index in [1.807, 2.05) is 6.92 Å². The highest BCUT2D eigenvalue weighted by molar-refractivity contribution is 5.32. The molecule has 0 aliphatic carbocycles. The maximum atomic E-state index is 13.3. The van der Waals surface area contributed by atoms with Gasteiger partial charge in [0, 0.05) is 6.04 Å². The normalized spacial score (nSPS) is 12.2. The van der Waals surface area contributed by atoms with Crippen LogP contribution < -0.4 is 16.0 Å². The second-order valence-electron chi connectivity index (χ2n) is 4.11. The Hall–Kier alpha value is -1.39. The van der Waals surface area contributed by atoms with E-state index in [2.05, 4.69) is 12.0 Å². The lowest BCUT2D eigenvalue weighted by atomic mass is 10.0. The van der Waals surface area contributed by atoms with E-state index in [1.54, 1.807) is 12.1 Å². The second kappa shape index (κ2) is 6.37. The molecule has 3 N–H and O–H groups in total. The van der Waals surface area contributed by atoms with Crippen LogP contribution >= 0.6 is 0 Å². The van der Waals surface area contributed by atoms with Crippen molar-refractivity contribution in [2.75, 3.05) is 7.11 Å². The first kappa shape index (κ1) is 13.7. The summed E-state index contributed by atoms with van der Waals surface area (Å²) in [7, 11) is 1.45. The summed E-state index contributed by atoms with van der Waals surface area (Å²) < 4.78 is 18.2. The van der Waals surface area contributed by atoms with Crippen molar-refractivity contribution in [1.82, 2.24) is 5.43 Å². The summed E-state index contributed by atoms with van der Waals surface area (Å²) in [5.74, 6) is 5.37. The highest BCUT2D eigenvalue weighted by Gasteiger charge is 2.12. The summed E-state index contributed by atoms with van der Waals surface area (Å²) >= 11 is 0. The maximum Gasteiger partial charge on any atom is 0.165 e. The van der Waals surface area contributed by atoms with Gasteiger partial charge in [0.1, 0.15) is 0 Å². The maximum absolute atomic E-state index is 13.3. The van der Waals surface area contributed by atoms with Crippen molar-refractivity contribution in [3.63, 3.8) is 0 Å². The zero-order valence-corrected chi connectivity index (χ0v) is 10.3. The highest BCUT2D eigenvalue weighted by Crippen LogP contribution is 2.25. The Morgan fingerprint density at radius 3 is 2.82 bits per heavy atom. The van der Waals surface area contributed by atoms with Crippen LogP contribution in [0.4, 0.5) is 4.39 Å². The van der Waals surface area contributed by atoms with Crippen LogP contribution in [0.5, 0.6) is 5.75 Å². The minimum atomic E-state index is -0.369. The van der Waals surface area contributed by atoms with Crippen molar-refractivity contribution in [1.29, 1.82) is 0 Å². The number of halogens is 1. The average Bonchev–Trinajstić information content (AvgIpc) is 2.31. The zero-order chi connectivity index (χ0) is 12.8. The first-order valence-electron chi connectivity index (χ1n) is 5.52. The topological polar surface area (TPSA) is 47.3 Å². The van der Waals surface area contributed by atoms with Crippen LogP contribution in [0.15, 0.2) is 30.4 Å². The van der Waals surface area contributed by atoms with E-state index >= 15 is 0 Å². The molecule has 1 aromatic carbocycles. The Balaban J connectivity index is 2.84. The number of hydrazine groups is 1. The third-order valence-electron chi connectivity index (χ3n) is 2.64. The minimum absolute atomic E-state index is 0.0267. The first-order chi connectivity index (χ1) is 8.08. The molecule has 0 saturated heterocycles. The van der Waals surface area contributed by atoms with Crippen LogP contribution in [-0.2, 0) is 0 Å². The Morgan fingerprint density at radius 2 is 2.29 bits per heavy atom. The van der Waals surface area contributed by atoms with Crippen LogP contribution in [0.25, 0.3) is 0 Å². The van der Waals surface area contributed by atoms with Crippen molar-refractivity contribution in [3.05, 3.63) is 41.7 Å². The molecule has 17 heavy (non-hydrogen) atoms. The van der Waals surface area contributed by atoms with Crippen molar-refractivity contribution in [2.45, 2.75) is 25.8 Å². The predicted octanol–water partition coefficient (Wildman–Crippen LogP) is 2.70. The van der Waals surface area contributed by atoms with E-state index < -0.39 is 0 Å². The minimum Gasteiger partial charge on any atom is -0.494 e. The molecule has 0 radical (unpaired) electrons. The number of allylic oxidation sites excluding steroid dienone is 1. The number of nitrogens with two attached hydrogens (primary N) is 1. The number of hydrogen-bond donors (Lipinski definition) is 2. The SMILES string of the molecule is C=C(C)CCC(NN)c1ccc(F)c(OC)c1. The van der Waals surface area contributed by atoms with Crippen LogP contribution in [0.2, 0.25) is 0 Å². The average molecular weight is 238 g/mol. The lowest BCUT2D eigenvalue weighted by Gasteiger charge is -2.17. The van der Waals surface area contributed by atoms with Crippen molar-refractivity contribution in [3.8, 4) is 5.75 Å². The standard InChI is InChI=1S/C13H19FN2O/c1-9(2)4-7-12(16-15)10-5-6-11(14)13(8-10)17-3/h5-6,8,12,16H,1,4,7,15H2,2-3H3. The van der Waals surface area contributed by atoms with Gasteiger partial charge in [-0.05, 0) is 37.5 Å². The third-order valence-corrected chi connectivity index (χ3v) is 2.64. The molecule has 1 aromatic rings. The number of hydrogen-bond acceptors (Lipinski definition) is 3. The van der Waals surface area contributed by atoms with E-state index in [1.165, 1.54) is 13.2 Å². The summed E-state index contributed by atoms with van der Waals surface area (Å²) in [5, 5.41) is 0. The van der Waals surface area contributed by atoms with E-state index in [-0.39, 0.29) is 17.6 Å². The molecule has 0 fully saturated rings. The zero-order valence-electron chi connectivity index (χ0n) is 10.3. The Morgan fingerprint density at radius 1 is 1.59 bits per heavy atom. The molecule has 0 heterocycles. The van der Waals surface area contributed by atoms with E-state index in [0.717, 1.165) is 24.0 Å². The monoisotopic (exact) mass is 238 g/mol. The van der Waals surface area contributed by atoms with Crippen LogP contribution in [0, 0.1) is 5.82 Å². The van der Waals surface area contributed by atoms with E-state index in [9.17, 15) is 4.39 Å². The fraction of sp³-hybridized carbons (Fsp3) is 0.385. The van der Waals surface area contributed by atoms with Gasteiger partial charge in [0.15, 0.2) is 11.6 Å². The summed E-state index contributed by atoms with van der Waals surface area (Å²) in [5.41, 5.74) is 4.73. The largest absolute Gasteiger partial charge is 0.494 e. The molecule has 4 heteroatoms. The number of nitrogens with one attached hydrogen (secondary N) is 1. The summed E-state index contributed by atoms with van der Waals surface area (Å²) in [4.78, 5) is 0. The van der Waals surface area contributed by atoms with Crippen molar-refractivity contribution in [2.24, 2.45) is 5.84 Å². The molecule has 0 saturated carbocycles. The third kappa shape index (κ3) is 3.84. The molecular formula is C13H19FN2O. The summed E-state index contributed by atoms with van der Waals surface area (Å²) in [6.07, 6.45) is 1.69. The molecule has 1 rings (SSSR count). The van der Waals surface area contributed by atoms with Crippen LogP contribution in [0.1, 0.15) is 31.4 Å². The molecule has 0 bridgehead atoms. The van der Waals surface area contributed by atoms with E-state index in [4.69, 9.17) is 10.6 Å². The Bertz CT molecular complexity index is 393. The molecule has 3 nitrogen and oxygen atoms in total. The molecule has 0 spiro atoms. The Labute approximate surface area is 101 Å². The van der Waals surface area contributed by atoms with Gasteiger partial charge in [0.05, 0.1) is 7.11 Å². The highest BCUT2D eigenvalue weighted by atomic mass is 19.1. The van der Waals surface area contributed by atoms with Crippen molar-refractivity contribution < 1.29 is 9.13 Å².